The molecule has 0 bridgehead atoms. The van der Waals surface area contributed by atoms with E-state index in [1.807, 2.05) is 0 Å². The first-order valence-corrected chi connectivity index (χ1v) is 10.8. The molecule has 3 aromatic rings. The van der Waals surface area contributed by atoms with Gasteiger partial charge in [-0.2, -0.15) is 18.3 Å². The lowest BCUT2D eigenvalue weighted by Crippen LogP contribution is -2.23. The Hall–Kier alpha value is -3.02. The van der Waals surface area contributed by atoms with Crippen LogP contribution in [0.3, 0.4) is 0 Å². The van der Waals surface area contributed by atoms with Crippen LogP contribution in [0.15, 0.2) is 52.3 Å². The maximum Gasteiger partial charge on any atom is 0.417 e. The molecule has 2 aromatic heterocycles. The molecule has 0 radical (unpaired) electrons. The first kappa shape index (κ1) is 25.6. The van der Waals surface area contributed by atoms with Gasteiger partial charge in [0.05, 0.1) is 33.7 Å². The molecule has 7 nitrogen and oxygen atoms in total. The summed E-state index contributed by atoms with van der Waals surface area (Å²) in [5.41, 5.74) is 1.66. The van der Waals surface area contributed by atoms with Gasteiger partial charge >= 0.3 is 6.18 Å². The van der Waals surface area contributed by atoms with E-state index in [2.05, 4.69) is 41.7 Å². The third-order valence-electron chi connectivity index (χ3n) is 4.28. The number of aryl methyl sites for hydroxylation is 1. The second kappa shape index (κ2) is 10.5. The van der Waals surface area contributed by atoms with Crippen LogP contribution in [0.5, 0.6) is 0 Å². The van der Waals surface area contributed by atoms with Gasteiger partial charge in [-0.05, 0) is 58.7 Å². The number of benzene rings is 1. The van der Waals surface area contributed by atoms with Crippen LogP contribution in [0, 0.1) is 6.92 Å². The van der Waals surface area contributed by atoms with Crippen molar-refractivity contribution in [1.29, 1.82) is 0 Å². The highest BCUT2D eigenvalue weighted by atomic mass is 79.9. The van der Waals surface area contributed by atoms with Crippen LogP contribution in [0.4, 0.5) is 18.9 Å². The monoisotopic (exact) mass is 573 g/mol. The number of aromatic nitrogens is 2. The van der Waals surface area contributed by atoms with E-state index in [9.17, 15) is 22.8 Å². The highest BCUT2D eigenvalue weighted by Crippen LogP contribution is 2.32. The molecule has 1 aromatic carbocycles. The molecular weight excluding hydrogens is 562 g/mol. The predicted molar refractivity (Wildman–Crippen MR) is 125 cm³/mol. The largest absolute Gasteiger partial charge is 0.417 e. The van der Waals surface area contributed by atoms with Crippen molar-refractivity contribution in [2.75, 3.05) is 5.32 Å². The van der Waals surface area contributed by atoms with E-state index in [1.165, 1.54) is 18.3 Å². The maximum absolute atomic E-state index is 12.8. The molecule has 0 aliphatic carbocycles. The van der Waals surface area contributed by atoms with Crippen molar-refractivity contribution in [2.24, 2.45) is 5.10 Å². The Morgan fingerprint density at radius 1 is 1.09 bits per heavy atom. The fourth-order valence-corrected chi connectivity index (χ4v) is 3.46. The predicted octanol–water partition coefficient (Wildman–Crippen LogP) is 5.89. The molecule has 0 saturated carbocycles. The lowest BCUT2D eigenvalue weighted by molar-refractivity contribution is -0.137. The highest BCUT2D eigenvalue weighted by Gasteiger charge is 2.32. The molecule has 2 heterocycles. The van der Waals surface area contributed by atoms with Crippen LogP contribution >= 0.6 is 39.1 Å². The number of nitrogens with one attached hydrogen (secondary N) is 2. The first-order chi connectivity index (χ1) is 16.0. The van der Waals surface area contributed by atoms with Crippen LogP contribution in [-0.2, 0) is 6.18 Å². The summed E-state index contributed by atoms with van der Waals surface area (Å²) in [6, 6.07) is 6.79. The number of halogens is 6. The van der Waals surface area contributed by atoms with Gasteiger partial charge in [-0.3, -0.25) is 14.6 Å². The summed E-state index contributed by atoms with van der Waals surface area (Å²) in [5.74, 6) is -1.62. The highest BCUT2D eigenvalue weighted by molar-refractivity contribution is 9.10. The van der Waals surface area contributed by atoms with Crippen LogP contribution in [0.25, 0.3) is 0 Å². The number of carbonyl (C=O) groups excluding carboxylic acids is 2. The smallest absolute Gasteiger partial charge is 0.320 e. The zero-order valence-corrected chi connectivity index (χ0v) is 20.1. The Bertz CT molecular complexity index is 1280. The zero-order chi connectivity index (χ0) is 25.0. The fourth-order valence-electron chi connectivity index (χ4n) is 2.70. The van der Waals surface area contributed by atoms with Gasteiger partial charge in [0.1, 0.15) is 5.69 Å². The fraction of sp³-hybridized carbons (Fsp3) is 0.0952. The van der Waals surface area contributed by atoms with Crippen LogP contribution in [0.2, 0.25) is 10.0 Å². The molecular formula is C21H13BrCl2F3N5O2. The van der Waals surface area contributed by atoms with Crippen molar-refractivity contribution < 1.29 is 22.8 Å². The summed E-state index contributed by atoms with van der Waals surface area (Å²) in [7, 11) is 0. The molecule has 0 atom stereocenters. The summed E-state index contributed by atoms with van der Waals surface area (Å²) >= 11 is 15.2. The molecule has 0 aliphatic rings. The van der Waals surface area contributed by atoms with Gasteiger partial charge in [-0.15, -0.1) is 0 Å². The van der Waals surface area contributed by atoms with Gasteiger partial charge < -0.3 is 5.32 Å². The minimum atomic E-state index is -4.67. The molecule has 0 aliphatic heterocycles. The molecule has 0 unspecified atom stereocenters. The summed E-state index contributed by atoms with van der Waals surface area (Å²) in [5, 5.41) is 6.00. The van der Waals surface area contributed by atoms with Gasteiger partial charge in [0.2, 0.25) is 0 Å². The zero-order valence-electron chi connectivity index (χ0n) is 17.0. The Morgan fingerprint density at radius 3 is 2.44 bits per heavy atom. The van der Waals surface area contributed by atoms with Gasteiger partial charge in [-0.25, -0.2) is 10.4 Å². The second-order valence-electron chi connectivity index (χ2n) is 6.75. The van der Waals surface area contributed by atoms with Crippen LogP contribution in [0.1, 0.15) is 37.7 Å². The third kappa shape index (κ3) is 6.31. The number of nitrogens with zero attached hydrogens (tertiary/aromatic N) is 3. The summed E-state index contributed by atoms with van der Waals surface area (Å²) < 4.78 is 39.3. The average molecular weight is 575 g/mol. The topological polar surface area (TPSA) is 96.3 Å². The molecule has 13 heteroatoms. The van der Waals surface area contributed by atoms with E-state index in [4.69, 9.17) is 23.2 Å². The molecule has 0 spiro atoms. The SMILES string of the molecule is Cc1cc(Cl)cc(C(=O)NN=Cc2ccc(Br)cn2)c1NC(=O)c1ncc(C(F)(F)F)cc1Cl. The molecule has 2 N–H and O–H groups in total. The number of hydrazone groups is 1. The van der Waals surface area contributed by atoms with Crippen molar-refractivity contribution >= 4 is 62.8 Å². The number of rotatable bonds is 5. The van der Waals surface area contributed by atoms with Crippen molar-refractivity contribution in [2.45, 2.75) is 13.1 Å². The maximum atomic E-state index is 12.8. The minimum absolute atomic E-state index is 0.0395. The quantitative estimate of drug-likeness (QED) is 0.293. The summed E-state index contributed by atoms with van der Waals surface area (Å²) in [4.78, 5) is 33.0. The molecule has 0 fully saturated rings. The Kier molecular flexibility index (Phi) is 7.90. The normalized spacial score (nSPS) is 11.5. The van der Waals surface area contributed by atoms with Gasteiger partial charge in [0.15, 0.2) is 0 Å². The Labute approximate surface area is 209 Å². The number of amides is 2. The summed E-state index contributed by atoms with van der Waals surface area (Å²) in [6.45, 7) is 1.58. The number of alkyl halides is 3. The number of pyridine rings is 2. The number of anilines is 1. The molecule has 176 valence electrons. The van der Waals surface area contributed by atoms with Crippen molar-refractivity contribution in [3.05, 3.63) is 85.3 Å². The lowest BCUT2D eigenvalue weighted by atomic mass is 10.1. The van der Waals surface area contributed by atoms with Crippen molar-refractivity contribution in [3.8, 4) is 0 Å². The van der Waals surface area contributed by atoms with Gasteiger partial charge in [-0.1, -0.05) is 23.2 Å². The second-order valence-corrected chi connectivity index (χ2v) is 8.51. The minimum Gasteiger partial charge on any atom is -0.320 e. The Morgan fingerprint density at radius 2 is 1.82 bits per heavy atom. The van der Waals surface area contributed by atoms with E-state index in [1.54, 1.807) is 25.3 Å². The van der Waals surface area contributed by atoms with E-state index in [0.717, 1.165) is 4.47 Å². The van der Waals surface area contributed by atoms with Crippen LogP contribution < -0.4 is 10.7 Å². The summed E-state index contributed by atoms with van der Waals surface area (Å²) in [6.07, 6.45) is -1.31. The van der Waals surface area contributed by atoms with Crippen molar-refractivity contribution in [3.63, 3.8) is 0 Å². The first-order valence-electron chi connectivity index (χ1n) is 9.25. The van der Waals surface area contributed by atoms with Gasteiger partial charge in [0, 0.05) is 21.9 Å². The number of hydrogen-bond donors (Lipinski definition) is 2. The molecule has 2 amide bonds. The molecule has 34 heavy (non-hydrogen) atoms. The molecule has 3 rings (SSSR count). The molecule has 0 saturated heterocycles. The van der Waals surface area contributed by atoms with E-state index < -0.39 is 34.3 Å². The van der Waals surface area contributed by atoms with Crippen molar-refractivity contribution in [1.82, 2.24) is 15.4 Å². The average Bonchev–Trinajstić information content (AvgIpc) is 2.75. The number of hydrogen-bond acceptors (Lipinski definition) is 5. The van der Waals surface area contributed by atoms with E-state index in [0.29, 0.717) is 23.5 Å². The number of carbonyl (C=O) groups is 2. The van der Waals surface area contributed by atoms with Crippen LogP contribution in [-0.4, -0.2) is 28.0 Å². The van der Waals surface area contributed by atoms with E-state index in [-0.39, 0.29) is 16.3 Å². The van der Waals surface area contributed by atoms with Gasteiger partial charge in [0.25, 0.3) is 11.8 Å². The van der Waals surface area contributed by atoms with E-state index >= 15 is 0 Å². The lowest BCUT2D eigenvalue weighted by Gasteiger charge is -2.14. The standard InChI is InChI=1S/C21H13BrCl2F3N5O2/c1-10-4-13(23)6-15(19(33)32-30-9-14-3-2-12(22)8-28-14)17(10)31-20(34)18-16(24)5-11(7-29-18)21(25,26)27/h2-9H,1H3,(H,31,34)(H,32,33). The Balaban J connectivity index is 1.84. The third-order valence-corrected chi connectivity index (χ3v) is 5.26.